The highest BCUT2D eigenvalue weighted by atomic mass is 32.2. The molecule has 0 aliphatic rings. The number of alkyl carbamates (subject to hydrolysis) is 1. The number of aromatic nitrogens is 2. The molecule has 1 aromatic heterocycles. The Morgan fingerprint density at radius 2 is 1.96 bits per heavy atom. The fraction of sp³-hybridized carbons (Fsp3) is 0.714. The number of ether oxygens (including phenoxy) is 1. The number of hydrogen-bond acceptors (Lipinski definition) is 5. The predicted octanol–water partition coefficient (Wildman–Crippen LogP) is 1.92. The number of carbonyl (C=O) groups excluding carboxylic acids is 1. The van der Waals surface area contributed by atoms with Crippen molar-refractivity contribution in [3.05, 3.63) is 18.0 Å². The minimum Gasteiger partial charge on any atom is -0.444 e. The molecule has 0 radical (unpaired) electrons. The van der Waals surface area contributed by atoms with Crippen LogP contribution >= 0.6 is 0 Å². The van der Waals surface area contributed by atoms with Gasteiger partial charge in [0, 0.05) is 12.7 Å². The van der Waals surface area contributed by atoms with Crippen molar-refractivity contribution in [3.63, 3.8) is 0 Å². The normalized spacial score (nSPS) is 13.0. The molecule has 0 bridgehead atoms. The van der Waals surface area contributed by atoms with E-state index in [1.807, 2.05) is 0 Å². The fourth-order valence-corrected chi connectivity index (χ4v) is 2.56. The molecule has 0 atom stereocenters. The second-order valence-electron chi connectivity index (χ2n) is 6.83. The maximum atomic E-state index is 12.0. The zero-order chi connectivity index (χ0) is 17.9. The Balaban J connectivity index is 2.77. The summed E-state index contributed by atoms with van der Waals surface area (Å²) in [4.78, 5) is 12.0. The Kier molecular flexibility index (Phi) is 5.81. The van der Waals surface area contributed by atoms with Crippen LogP contribution in [0.1, 0.15) is 46.7 Å². The Labute approximate surface area is 137 Å². The predicted molar refractivity (Wildman–Crippen MR) is 85.7 cm³/mol. The summed E-state index contributed by atoms with van der Waals surface area (Å²) in [5.41, 5.74) is -0.647. The summed E-state index contributed by atoms with van der Waals surface area (Å²) < 4.78 is 37.2. The van der Waals surface area contributed by atoms with Gasteiger partial charge in [-0.3, -0.25) is 9.23 Å². The first kappa shape index (κ1) is 19.4. The molecule has 0 saturated carbocycles. The van der Waals surface area contributed by atoms with Crippen molar-refractivity contribution in [1.29, 1.82) is 0 Å². The maximum Gasteiger partial charge on any atom is 0.408 e. The summed E-state index contributed by atoms with van der Waals surface area (Å²) in [5.74, 6) is -0.341. The highest BCUT2D eigenvalue weighted by Crippen LogP contribution is 2.21. The van der Waals surface area contributed by atoms with Gasteiger partial charge >= 0.3 is 6.09 Å². The lowest BCUT2D eigenvalue weighted by molar-refractivity contribution is 0.0466. The second kappa shape index (κ2) is 6.88. The van der Waals surface area contributed by atoms with Gasteiger partial charge in [-0.1, -0.05) is 0 Å². The SMILES string of the molecule is CC(C)(C)OC(=O)NC(C)(C)c1ccnn1CCCS(=O)(=O)O. The number of carbonyl (C=O) groups is 1. The van der Waals surface area contributed by atoms with Crippen molar-refractivity contribution >= 4 is 16.2 Å². The van der Waals surface area contributed by atoms with Gasteiger partial charge in [-0.05, 0) is 47.1 Å². The highest BCUT2D eigenvalue weighted by molar-refractivity contribution is 7.85. The summed E-state index contributed by atoms with van der Waals surface area (Å²) in [6.45, 7) is 9.24. The van der Waals surface area contributed by atoms with Crippen LogP contribution in [0.15, 0.2) is 12.3 Å². The van der Waals surface area contributed by atoms with Crippen LogP contribution in [0.4, 0.5) is 4.79 Å². The average Bonchev–Trinajstić information content (AvgIpc) is 2.72. The van der Waals surface area contributed by atoms with Gasteiger partial charge < -0.3 is 10.1 Å². The van der Waals surface area contributed by atoms with Crippen molar-refractivity contribution < 1.29 is 22.5 Å². The van der Waals surface area contributed by atoms with Gasteiger partial charge in [-0.25, -0.2) is 4.79 Å². The lowest BCUT2D eigenvalue weighted by Crippen LogP contribution is -2.45. The zero-order valence-electron chi connectivity index (χ0n) is 14.2. The molecule has 0 spiro atoms. The molecule has 1 amide bonds. The van der Waals surface area contributed by atoms with E-state index >= 15 is 0 Å². The molecule has 0 aliphatic carbocycles. The first-order chi connectivity index (χ1) is 10.3. The quantitative estimate of drug-likeness (QED) is 0.761. The van der Waals surface area contributed by atoms with Gasteiger partial charge in [0.1, 0.15) is 5.60 Å². The van der Waals surface area contributed by atoms with Crippen LogP contribution in [-0.4, -0.2) is 40.2 Å². The molecule has 0 aromatic carbocycles. The third-order valence-electron chi connectivity index (χ3n) is 2.94. The third kappa shape index (κ3) is 7.00. The highest BCUT2D eigenvalue weighted by Gasteiger charge is 2.29. The molecule has 23 heavy (non-hydrogen) atoms. The van der Waals surface area contributed by atoms with E-state index in [1.165, 1.54) is 0 Å². The number of aryl methyl sites for hydroxylation is 1. The molecule has 0 unspecified atom stereocenters. The van der Waals surface area contributed by atoms with E-state index in [1.54, 1.807) is 51.6 Å². The Morgan fingerprint density at radius 3 is 2.48 bits per heavy atom. The number of nitrogens with one attached hydrogen (secondary N) is 1. The van der Waals surface area contributed by atoms with Crippen molar-refractivity contribution in [2.75, 3.05) is 5.75 Å². The van der Waals surface area contributed by atoms with Crippen molar-refractivity contribution in [2.24, 2.45) is 0 Å². The van der Waals surface area contributed by atoms with Crippen LogP contribution in [-0.2, 0) is 26.9 Å². The first-order valence-corrected chi connectivity index (χ1v) is 8.90. The van der Waals surface area contributed by atoms with Gasteiger partial charge in [-0.2, -0.15) is 13.5 Å². The maximum absolute atomic E-state index is 12.0. The monoisotopic (exact) mass is 347 g/mol. The van der Waals surface area contributed by atoms with Crippen LogP contribution < -0.4 is 5.32 Å². The van der Waals surface area contributed by atoms with Crippen LogP contribution in [0, 0.1) is 0 Å². The molecule has 8 nitrogen and oxygen atoms in total. The van der Waals surface area contributed by atoms with E-state index in [2.05, 4.69) is 10.4 Å². The third-order valence-corrected chi connectivity index (χ3v) is 3.75. The Bertz CT molecular complexity index is 644. The minimum atomic E-state index is -4.00. The molecule has 0 fully saturated rings. The van der Waals surface area contributed by atoms with Crippen LogP contribution in [0.25, 0.3) is 0 Å². The molecule has 9 heteroatoms. The largest absolute Gasteiger partial charge is 0.444 e. The fourth-order valence-electron chi connectivity index (χ4n) is 2.06. The first-order valence-electron chi connectivity index (χ1n) is 7.29. The van der Waals surface area contributed by atoms with Gasteiger partial charge in [0.05, 0.1) is 17.0 Å². The molecule has 1 heterocycles. The molecule has 0 saturated heterocycles. The molecule has 1 aromatic rings. The standard InChI is InChI=1S/C14H25N3O5S/c1-13(2,3)22-12(18)16-14(4,5)11-7-8-15-17(11)9-6-10-23(19,20)21/h7-8H,6,9-10H2,1-5H3,(H,16,18)(H,19,20,21). The number of nitrogens with zero attached hydrogens (tertiary/aromatic N) is 2. The lowest BCUT2D eigenvalue weighted by Gasteiger charge is -2.29. The van der Waals surface area contributed by atoms with Gasteiger partial charge in [0.2, 0.25) is 0 Å². The molecule has 2 N–H and O–H groups in total. The summed E-state index contributed by atoms with van der Waals surface area (Å²) >= 11 is 0. The molecule has 1 rings (SSSR count). The van der Waals surface area contributed by atoms with Crippen molar-refractivity contribution in [1.82, 2.24) is 15.1 Å². The van der Waals surface area contributed by atoms with Crippen LogP contribution in [0.5, 0.6) is 0 Å². The van der Waals surface area contributed by atoms with E-state index in [0.29, 0.717) is 12.2 Å². The minimum absolute atomic E-state index is 0.218. The van der Waals surface area contributed by atoms with Crippen molar-refractivity contribution in [3.8, 4) is 0 Å². The summed E-state index contributed by atoms with van der Waals surface area (Å²) in [6, 6.07) is 1.74. The lowest BCUT2D eigenvalue weighted by atomic mass is 10.0. The zero-order valence-corrected chi connectivity index (χ0v) is 15.0. The Hall–Kier alpha value is -1.61. The van der Waals surface area contributed by atoms with Gasteiger partial charge in [0.25, 0.3) is 10.1 Å². The van der Waals surface area contributed by atoms with E-state index in [-0.39, 0.29) is 12.2 Å². The number of rotatable bonds is 6. The van der Waals surface area contributed by atoms with E-state index in [4.69, 9.17) is 9.29 Å². The van der Waals surface area contributed by atoms with E-state index in [0.717, 1.165) is 0 Å². The topological polar surface area (TPSA) is 111 Å². The van der Waals surface area contributed by atoms with Crippen LogP contribution in [0.2, 0.25) is 0 Å². The smallest absolute Gasteiger partial charge is 0.408 e. The van der Waals surface area contributed by atoms with Gasteiger partial charge in [-0.15, -0.1) is 0 Å². The summed E-state index contributed by atoms with van der Waals surface area (Å²) in [7, 11) is -4.00. The number of hydrogen-bond donors (Lipinski definition) is 2. The molecular formula is C14H25N3O5S. The van der Waals surface area contributed by atoms with E-state index < -0.39 is 27.4 Å². The number of amides is 1. The van der Waals surface area contributed by atoms with E-state index in [9.17, 15) is 13.2 Å². The molecule has 0 aliphatic heterocycles. The van der Waals surface area contributed by atoms with Gasteiger partial charge in [0.15, 0.2) is 0 Å². The summed E-state index contributed by atoms with van der Waals surface area (Å²) in [6.07, 6.45) is 1.24. The molecule has 132 valence electrons. The van der Waals surface area contributed by atoms with Crippen molar-refractivity contribution in [2.45, 2.75) is 58.7 Å². The second-order valence-corrected chi connectivity index (χ2v) is 8.40. The average molecular weight is 347 g/mol. The molecular weight excluding hydrogens is 322 g/mol. The Morgan fingerprint density at radius 1 is 1.35 bits per heavy atom. The summed E-state index contributed by atoms with van der Waals surface area (Å²) in [5, 5.41) is 6.90. The van der Waals surface area contributed by atoms with Crippen LogP contribution in [0.3, 0.4) is 0 Å².